The molecule has 139 heavy (non-hydrogen) atoms. The van der Waals surface area contributed by atoms with E-state index in [0.29, 0.717) is 47.1 Å². The molecule has 6 aromatic rings. The van der Waals surface area contributed by atoms with Gasteiger partial charge in [-0.25, -0.2) is 0 Å². The molecule has 1 unspecified atom stereocenters. The van der Waals surface area contributed by atoms with Crippen LogP contribution in [0.3, 0.4) is 0 Å². The molecule has 0 aromatic heterocycles. The minimum absolute atomic E-state index is 0.0458. The van der Waals surface area contributed by atoms with Gasteiger partial charge in [0.1, 0.15) is 0 Å². The summed E-state index contributed by atoms with van der Waals surface area (Å²) in [6.07, 6.45) is 27.8. The van der Waals surface area contributed by atoms with Crippen molar-refractivity contribution in [1.82, 2.24) is 19.6 Å². The van der Waals surface area contributed by atoms with Crippen LogP contribution in [0, 0.1) is 90.7 Å². The monoisotopic (exact) mass is 1910 g/mol. The summed E-state index contributed by atoms with van der Waals surface area (Å²) in [6.45, 7) is 103. The fraction of sp³-hybridized carbons (Fsp3) is 0.729. The largest absolute Gasteiger partial charge is 0.379 e. The highest BCUT2D eigenvalue weighted by molar-refractivity contribution is 5.95. The first-order chi connectivity index (χ1) is 65.5. The van der Waals surface area contributed by atoms with Gasteiger partial charge in [0.2, 0.25) is 0 Å². The molecule has 0 saturated heterocycles. The Morgan fingerprint density at radius 2 is 0.691 bits per heavy atom. The summed E-state index contributed by atoms with van der Waals surface area (Å²) in [5.74, 6) is 12.4. The Kier molecular flexibility index (Phi) is 37.4. The Morgan fingerprint density at radius 3 is 0.971 bits per heavy atom. The van der Waals surface area contributed by atoms with E-state index in [1.165, 1.54) is 127 Å². The molecule has 1 N–H and O–H groups in total. The minimum atomic E-state index is -2.21. The van der Waals surface area contributed by atoms with Gasteiger partial charge in [-0.05, 0) is 464 Å². The van der Waals surface area contributed by atoms with Crippen LogP contribution in [0.5, 0.6) is 0 Å². The summed E-state index contributed by atoms with van der Waals surface area (Å²) < 4.78 is 33.8. The second-order valence-electron chi connectivity index (χ2n) is 57.8. The molecule has 0 heterocycles. The fourth-order valence-electron chi connectivity index (χ4n) is 29.1. The van der Waals surface area contributed by atoms with Gasteiger partial charge in [-0.1, -0.05) is 252 Å². The molecule has 0 radical (unpaired) electrons. The molecular weight excluding hydrogens is 1680 g/mol. The van der Waals surface area contributed by atoms with E-state index >= 15 is 0 Å². The average molecular weight is 1910 g/mol. The number of aryl methyl sites for hydroxylation is 2. The van der Waals surface area contributed by atoms with Crippen molar-refractivity contribution >= 4 is 11.4 Å². The van der Waals surface area contributed by atoms with Crippen molar-refractivity contribution < 1.29 is 5.48 Å². The maximum Gasteiger partial charge on any atom is 0.0534 e. The lowest BCUT2D eigenvalue weighted by Gasteiger charge is -2.62. The number of nitrogens with zero attached hydrogens (tertiary/aromatic N) is 5. The topological polar surface area (TPSA) is 28.2 Å². The van der Waals surface area contributed by atoms with Gasteiger partial charge < -0.3 is 10.2 Å². The van der Waals surface area contributed by atoms with Gasteiger partial charge in [0.25, 0.3) is 0 Å². The highest BCUT2D eigenvalue weighted by Crippen LogP contribution is 2.61. The van der Waals surface area contributed by atoms with E-state index in [-0.39, 0.29) is 55.4 Å². The van der Waals surface area contributed by atoms with Crippen LogP contribution in [0.25, 0.3) is 44.5 Å². The van der Waals surface area contributed by atoms with Crippen LogP contribution < -0.4 is 10.2 Å². The van der Waals surface area contributed by atoms with Crippen LogP contribution in [0.4, 0.5) is 11.4 Å². The molecule has 0 amide bonds. The van der Waals surface area contributed by atoms with Gasteiger partial charge in [0.05, 0.1) is 11.4 Å². The van der Waals surface area contributed by atoms with Crippen molar-refractivity contribution in [3.05, 3.63) is 155 Å². The summed E-state index contributed by atoms with van der Waals surface area (Å²) >= 11 is 0. The van der Waals surface area contributed by atoms with Gasteiger partial charge in [-0.2, -0.15) is 0 Å². The molecule has 0 spiro atoms. The summed E-state index contributed by atoms with van der Waals surface area (Å²) in [7, 11) is 0. The van der Waals surface area contributed by atoms with Crippen molar-refractivity contribution in [2.75, 3.05) is 16.8 Å². The van der Waals surface area contributed by atoms with Crippen LogP contribution in [0.2, 0.25) is 0 Å². The van der Waals surface area contributed by atoms with Crippen molar-refractivity contribution in [2.45, 2.75) is 544 Å². The van der Waals surface area contributed by atoms with Crippen molar-refractivity contribution in [3.8, 4) is 44.5 Å². The third-order valence-electron chi connectivity index (χ3n) is 32.8. The standard InChI is InChI=1S/C42H63N.C24H27N.3C16H29N.C15H33N.C4H10/c1-37(2,3)30-22-28(23-31(26-30)38(4,5)6)34-20-19-21-35(36(34)43(41(13,14)15)42(16,17)18)29-24-32(39(7,8)9)27-33(25-29)40(10,11)12;1-17-16-18(2)22(20-14-10-7-11-15-20)23(25-24(3,4)5)21(17)19-12-8-6-9-13-19;1-11(2)17(12(3)4)16-8-13-5-14(9-16)7-15(6-13)10-16;2*1-10(2)17(11(3)4)16-14-6-12-5-13(8-14)9-15(16)7-12;1-9-11-13(10-2)12-16(14(3,4)5)15(6,7)8;1-4(2)3/h19-27H,1-18H3;6-16,25H,1-5H3;11-15H,5-10H2,1-4H3;2*10-16H,5-9H2,1-4H3;13H,9-12H2,1-8H3;4H,1-3H3/i;1D3;;16D;;;. The minimum Gasteiger partial charge on any atom is -0.379 e. The van der Waals surface area contributed by atoms with Gasteiger partial charge in [-0.15, -0.1) is 0 Å². The smallest absolute Gasteiger partial charge is 0.0534 e. The summed E-state index contributed by atoms with van der Waals surface area (Å²) in [6, 6.07) is 48.0. The van der Waals surface area contributed by atoms with Crippen molar-refractivity contribution in [2.24, 2.45) is 76.9 Å². The van der Waals surface area contributed by atoms with E-state index in [2.05, 4.69) is 401 Å². The lowest BCUT2D eigenvalue weighted by Crippen LogP contribution is -2.63. The Balaban J connectivity index is 0.000000198. The Morgan fingerprint density at radius 1 is 0.367 bits per heavy atom. The number of anilines is 2. The number of nitrogens with one attached hydrogen (secondary N) is 1. The maximum atomic E-state index is 9.29. The van der Waals surface area contributed by atoms with E-state index in [0.717, 1.165) is 117 Å². The molecule has 18 rings (SSSR count). The first-order valence-corrected chi connectivity index (χ1v) is 57.0. The van der Waals surface area contributed by atoms with Crippen molar-refractivity contribution in [3.63, 3.8) is 0 Å². The molecule has 12 bridgehead atoms. The fourth-order valence-corrected chi connectivity index (χ4v) is 29.1. The molecule has 12 fully saturated rings. The number of para-hydroxylation sites is 1. The Labute approximate surface area is 867 Å². The number of hydrogen-bond donors (Lipinski definition) is 1. The molecule has 0 aliphatic heterocycles. The van der Waals surface area contributed by atoms with Gasteiger partial charge in [0, 0.05) is 116 Å². The van der Waals surface area contributed by atoms with E-state index in [4.69, 9.17) is 4.11 Å². The zero-order valence-electron chi connectivity index (χ0n) is 103. The molecule has 12 aliphatic carbocycles. The first-order valence-electron chi connectivity index (χ1n) is 59.0. The number of rotatable bonds is 20. The maximum absolute atomic E-state index is 9.29. The SMILES string of the molecule is CC(C)(C)c1cc(-c2cccc(-c3cc(C(C)(C)C)cc(C(C)(C)C)c3)c2N(C(C)(C)C)C(C)(C)C)cc(C(C)(C)C)c1.CC(C)C.CC(C)N(C(C)C)C12CC3CC(CC(C3)C1)C2.CC(C)N(C(C)C)C1C2CC3CC(C2)CC1C3.CCCC(CC)CN(C(C)(C)C)C(C)(C)C.[2H]C([2H])([2H])c1cc(C)c(-c2ccccc2)c(NC(C)(C)C)c1-c1ccccc1.[2H]C1(N(C(C)C)C(C)C)C2CC3CC(C2)CC1C3. The quantitative estimate of drug-likeness (QED) is 0.0819. The third kappa shape index (κ3) is 30.7. The van der Waals surface area contributed by atoms with E-state index < -0.39 is 6.85 Å². The molecule has 1 atom stereocenters. The molecule has 6 nitrogen and oxygen atoms in total. The summed E-state index contributed by atoms with van der Waals surface area (Å²) in [4.78, 5) is 13.6. The highest BCUT2D eigenvalue weighted by atomic mass is 15.3. The van der Waals surface area contributed by atoms with Crippen LogP contribution in [-0.2, 0) is 21.7 Å². The average Bonchev–Trinajstić information content (AvgIpc) is 0.718. The predicted molar refractivity (Wildman–Crippen MR) is 619 cm³/mol. The van der Waals surface area contributed by atoms with Gasteiger partial charge in [0.15, 0.2) is 0 Å². The van der Waals surface area contributed by atoms with Crippen LogP contribution >= 0.6 is 0 Å². The second kappa shape index (κ2) is 46.9. The molecule has 782 valence electrons. The second-order valence-corrected chi connectivity index (χ2v) is 57.8. The van der Waals surface area contributed by atoms with Crippen molar-refractivity contribution in [1.29, 1.82) is 0 Å². The molecule has 12 aliphatic rings. The van der Waals surface area contributed by atoms with Gasteiger partial charge in [-0.3, -0.25) is 19.6 Å². The zero-order valence-corrected chi connectivity index (χ0v) is 99.0. The lowest BCUT2D eigenvalue weighted by molar-refractivity contribution is -0.112. The summed E-state index contributed by atoms with van der Waals surface area (Å²) in [5.41, 5.74) is 18.9. The molecule has 12 saturated carbocycles. The zero-order chi connectivity index (χ0) is 108. The molecule has 6 heteroatoms. The van der Waals surface area contributed by atoms with E-state index in [1.807, 2.05) is 61.5 Å². The molecule has 6 aromatic carbocycles. The third-order valence-corrected chi connectivity index (χ3v) is 32.8. The van der Waals surface area contributed by atoms with Crippen LogP contribution in [-0.4, -0.2) is 108 Å². The number of hydrogen-bond acceptors (Lipinski definition) is 6. The van der Waals surface area contributed by atoms with Gasteiger partial charge >= 0.3 is 0 Å². The van der Waals surface area contributed by atoms with Crippen LogP contribution in [0.1, 0.15) is 466 Å². The normalized spacial score (nSPS) is 25.7. The lowest BCUT2D eigenvalue weighted by atomic mass is 9.52. The summed E-state index contributed by atoms with van der Waals surface area (Å²) in [5, 5.41) is 3.62. The first kappa shape index (κ1) is 111. The van der Waals surface area contributed by atoms with Crippen LogP contribution in [0.15, 0.2) is 121 Å². The highest BCUT2D eigenvalue weighted by Gasteiger charge is 2.56. The van der Waals surface area contributed by atoms with E-state index in [9.17, 15) is 1.37 Å². The predicted octanol–water partition coefficient (Wildman–Crippen LogP) is 37.8. The Hall–Kier alpha value is -5.24. The molecular formula is C133H220N6. The number of benzene rings is 6. The van der Waals surface area contributed by atoms with E-state index in [1.54, 1.807) is 51.4 Å². The Bertz CT molecular complexity index is 4650.